The highest BCUT2D eigenvalue weighted by Gasteiger charge is 2.43. The Morgan fingerprint density at radius 2 is 1.90 bits per heavy atom. The van der Waals surface area contributed by atoms with Crippen LogP contribution in [0.25, 0.3) is 0 Å². The number of benzene rings is 2. The molecular formula is C21H22ClN3O4. The van der Waals surface area contributed by atoms with E-state index in [0.717, 1.165) is 18.4 Å². The van der Waals surface area contributed by atoms with E-state index in [1.54, 1.807) is 18.2 Å². The summed E-state index contributed by atoms with van der Waals surface area (Å²) in [5.74, 6) is -0.204. The van der Waals surface area contributed by atoms with Crippen molar-refractivity contribution in [1.29, 1.82) is 0 Å². The molecule has 152 valence electrons. The van der Waals surface area contributed by atoms with Crippen molar-refractivity contribution in [2.45, 2.75) is 50.4 Å². The maximum atomic E-state index is 13.1. The minimum Gasteiger partial charge on any atom is -0.393 e. The SMILES string of the molecule is O=C(c1ccc(NCc2ccccc2Cl)c([N+](=O)[O-])c1)N1C2CCC1CC(O)C2. The number of rotatable bonds is 5. The van der Waals surface area contributed by atoms with Crippen molar-refractivity contribution >= 4 is 28.9 Å². The number of hydrogen-bond acceptors (Lipinski definition) is 5. The van der Waals surface area contributed by atoms with Gasteiger partial charge in [0.2, 0.25) is 0 Å². The molecule has 2 fully saturated rings. The predicted octanol–water partition coefficient (Wildman–Crippen LogP) is 3.99. The largest absolute Gasteiger partial charge is 0.393 e. The molecule has 2 aromatic rings. The molecule has 4 rings (SSSR count). The number of hydrogen-bond donors (Lipinski definition) is 2. The van der Waals surface area contributed by atoms with Gasteiger partial charge in [0.1, 0.15) is 5.69 Å². The number of amides is 1. The fourth-order valence-electron chi connectivity index (χ4n) is 4.43. The maximum absolute atomic E-state index is 13.1. The molecule has 2 bridgehead atoms. The topological polar surface area (TPSA) is 95.7 Å². The van der Waals surface area contributed by atoms with E-state index < -0.39 is 4.92 Å². The smallest absolute Gasteiger partial charge is 0.293 e. The lowest BCUT2D eigenvalue weighted by Crippen LogP contribution is -2.48. The van der Waals surface area contributed by atoms with Gasteiger partial charge in [-0.3, -0.25) is 14.9 Å². The van der Waals surface area contributed by atoms with E-state index in [9.17, 15) is 20.0 Å². The van der Waals surface area contributed by atoms with Gasteiger partial charge in [-0.2, -0.15) is 0 Å². The number of halogens is 1. The van der Waals surface area contributed by atoms with Gasteiger partial charge in [-0.1, -0.05) is 29.8 Å². The average Bonchev–Trinajstić information content (AvgIpc) is 2.97. The van der Waals surface area contributed by atoms with Gasteiger partial charge in [0.15, 0.2) is 0 Å². The van der Waals surface area contributed by atoms with Crippen LogP contribution in [0.2, 0.25) is 5.02 Å². The first-order valence-corrected chi connectivity index (χ1v) is 10.1. The highest BCUT2D eigenvalue weighted by molar-refractivity contribution is 6.31. The molecule has 0 spiro atoms. The number of carbonyl (C=O) groups is 1. The summed E-state index contributed by atoms with van der Waals surface area (Å²) < 4.78 is 0. The molecule has 0 saturated carbocycles. The normalized spacial score (nSPS) is 23.1. The van der Waals surface area contributed by atoms with Crippen LogP contribution in [-0.4, -0.2) is 39.0 Å². The van der Waals surface area contributed by atoms with Crippen molar-refractivity contribution in [3.8, 4) is 0 Å². The zero-order valence-electron chi connectivity index (χ0n) is 15.8. The quantitative estimate of drug-likeness (QED) is 0.568. The number of piperidine rings is 1. The summed E-state index contributed by atoms with van der Waals surface area (Å²) in [6.07, 6.45) is 2.51. The van der Waals surface area contributed by atoms with E-state index in [1.807, 2.05) is 23.1 Å². The van der Waals surface area contributed by atoms with E-state index in [-0.39, 0.29) is 29.8 Å². The molecule has 2 heterocycles. The van der Waals surface area contributed by atoms with Crippen LogP contribution in [0.1, 0.15) is 41.6 Å². The Balaban J connectivity index is 1.55. The zero-order valence-corrected chi connectivity index (χ0v) is 16.5. The van der Waals surface area contributed by atoms with Crippen LogP contribution in [0.3, 0.4) is 0 Å². The van der Waals surface area contributed by atoms with Crippen molar-refractivity contribution in [2.24, 2.45) is 0 Å². The van der Waals surface area contributed by atoms with Crippen molar-refractivity contribution < 1.29 is 14.8 Å². The molecule has 1 amide bonds. The number of nitrogens with zero attached hydrogens (tertiary/aromatic N) is 2. The van der Waals surface area contributed by atoms with Crippen LogP contribution in [-0.2, 0) is 6.54 Å². The Labute approximate surface area is 173 Å². The van der Waals surface area contributed by atoms with Crippen LogP contribution in [0.15, 0.2) is 42.5 Å². The van der Waals surface area contributed by atoms with Crippen LogP contribution in [0.5, 0.6) is 0 Å². The molecule has 2 N–H and O–H groups in total. The molecule has 2 unspecified atom stereocenters. The van der Waals surface area contributed by atoms with Gasteiger partial charge in [0, 0.05) is 35.3 Å². The Morgan fingerprint density at radius 1 is 1.21 bits per heavy atom. The van der Waals surface area contributed by atoms with Gasteiger partial charge in [-0.15, -0.1) is 0 Å². The number of fused-ring (bicyclic) bond motifs is 2. The van der Waals surface area contributed by atoms with Gasteiger partial charge in [-0.25, -0.2) is 0 Å². The van der Waals surface area contributed by atoms with E-state index >= 15 is 0 Å². The van der Waals surface area contributed by atoms with Crippen molar-refractivity contribution in [3.63, 3.8) is 0 Å². The second-order valence-electron chi connectivity index (χ2n) is 7.66. The summed E-state index contributed by atoms with van der Waals surface area (Å²) in [5.41, 5.74) is 1.32. The lowest BCUT2D eigenvalue weighted by atomic mass is 9.98. The average molecular weight is 416 g/mol. The maximum Gasteiger partial charge on any atom is 0.293 e. The third-order valence-electron chi connectivity index (χ3n) is 5.81. The van der Waals surface area contributed by atoms with Gasteiger partial charge in [-0.05, 0) is 49.4 Å². The van der Waals surface area contributed by atoms with Gasteiger partial charge in [0.05, 0.1) is 11.0 Å². The number of aliphatic hydroxyl groups excluding tert-OH is 1. The molecule has 7 nitrogen and oxygen atoms in total. The number of carbonyl (C=O) groups excluding carboxylic acids is 1. The fourth-order valence-corrected chi connectivity index (χ4v) is 4.63. The van der Waals surface area contributed by atoms with Crippen molar-refractivity contribution in [1.82, 2.24) is 4.90 Å². The molecule has 2 atom stereocenters. The third kappa shape index (κ3) is 3.93. The van der Waals surface area contributed by atoms with E-state index in [2.05, 4.69) is 5.32 Å². The number of nitro benzene ring substituents is 1. The summed E-state index contributed by atoms with van der Waals surface area (Å²) in [6.45, 7) is 0.335. The Hall–Kier alpha value is -2.64. The Bertz CT molecular complexity index is 937. The molecule has 0 aliphatic carbocycles. The molecule has 0 aromatic heterocycles. The molecule has 8 heteroatoms. The summed E-state index contributed by atoms with van der Waals surface area (Å²) in [4.78, 5) is 26.0. The Morgan fingerprint density at radius 3 is 2.55 bits per heavy atom. The summed E-state index contributed by atoms with van der Waals surface area (Å²) in [5, 5.41) is 25.2. The molecular weight excluding hydrogens is 394 g/mol. The van der Waals surface area contributed by atoms with Crippen LogP contribution in [0.4, 0.5) is 11.4 Å². The highest BCUT2D eigenvalue weighted by Crippen LogP contribution is 2.37. The predicted molar refractivity (Wildman–Crippen MR) is 110 cm³/mol. The second-order valence-corrected chi connectivity index (χ2v) is 8.06. The first kappa shape index (κ1) is 19.7. The Kier molecular flexibility index (Phi) is 5.43. The second kappa shape index (κ2) is 8.00. The lowest BCUT2D eigenvalue weighted by Gasteiger charge is -2.37. The molecule has 2 aliphatic heterocycles. The number of anilines is 1. The monoisotopic (exact) mass is 415 g/mol. The standard InChI is InChI=1S/C21H22ClN3O4/c22-18-4-2-1-3-14(18)12-23-19-8-5-13(9-20(19)25(28)29)21(27)24-15-6-7-16(24)11-17(26)10-15/h1-5,8-9,15-17,23,26H,6-7,10-12H2. The van der Waals surface area contributed by atoms with Crippen molar-refractivity contribution in [2.75, 3.05) is 5.32 Å². The summed E-state index contributed by atoms with van der Waals surface area (Å²) in [7, 11) is 0. The fraction of sp³-hybridized carbons (Fsp3) is 0.381. The van der Waals surface area contributed by atoms with E-state index in [4.69, 9.17) is 11.6 Å². The summed E-state index contributed by atoms with van der Waals surface area (Å²) >= 11 is 6.15. The number of nitrogens with one attached hydrogen (secondary N) is 1. The minimum atomic E-state index is -0.486. The van der Waals surface area contributed by atoms with Crippen LogP contribution < -0.4 is 5.32 Å². The van der Waals surface area contributed by atoms with Crippen LogP contribution >= 0.6 is 11.6 Å². The van der Waals surface area contributed by atoms with Gasteiger partial charge < -0.3 is 15.3 Å². The highest BCUT2D eigenvalue weighted by atomic mass is 35.5. The third-order valence-corrected chi connectivity index (χ3v) is 6.18. The molecule has 0 radical (unpaired) electrons. The number of aliphatic hydroxyl groups is 1. The number of nitro groups is 1. The van der Waals surface area contributed by atoms with Gasteiger partial charge >= 0.3 is 0 Å². The molecule has 29 heavy (non-hydrogen) atoms. The first-order valence-electron chi connectivity index (χ1n) is 9.70. The summed E-state index contributed by atoms with van der Waals surface area (Å²) in [6, 6.07) is 11.8. The molecule has 2 aliphatic rings. The zero-order chi connectivity index (χ0) is 20.5. The first-order chi connectivity index (χ1) is 13.9. The van der Waals surface area contributed by atoms with Crippen molar-refractivity contribution in [3.05, 3.63) is 68.7 Å². The van der Waals surface area contributed by atoms with Gasteiger partial charge in [0.25, 0.3) is 11.6 Å². The minimum absolute atomic E-state index is 0.00771. The lowest BCUT2D eigenvalue weighted by molar-refractivity contribution is -0.384. The van der Waals surface area contributed by atoms with Crippen LogP contribution in [0, 0.1) is 10.1 Å². The molecule has 2 aromatic carbocycles. The molecule has 2 saturated heterocycles. The van der Waals surface area contributed by atoms with E-state index in [1.165, 1.54) is 6.07 Å². The van der Waals surface area contributed by atoms with E-state index in [0.29, 0.717) is 35.7 Å².